The van der Waals surface area contributed by atoms with Crippen LogP contribution in [0.3, 0.4) is 0 Å². The molecule has 9 nitrogen and oxygen atoms in total. The smallest absolute Gasteiger partial charge is 0.289 e. The summed E-state index contributed by atoms with van der Waals surface area (Å²) in [6.07, 6.45) is 0. The van der Waals surface area contributed by atoms with Gasteiger partial charge in [0.25, 0.3) is 5.69 Å². The zero-order chi connectivity index (χ0) is 28.4. The van der Waals surface area contributed by atoms with Crippen molar-refractivity contribution >= 4 is 15.7 Å². The van der Waals surface area contributed by atoms with Crippen LogP contribution in [0.5, 0.6) is 5.75 Å². The van der Waals surface area contributed by atoms with Gasteiger partial charge in [-0.2, -0.15) is 0 Å². The first-order valence-corrected chi connectivity index (χ1v) is 14.3. The van der Waals surface area contributed by atoms with Gasteiger partial charge in [-0.1, -0.05) is 84.9 Å². The molecular weight excluding hydrogens is 528 g/mol. The van der Waals surface area contributed by atoms with Gasteiger partial charge in [-0.05, 0) is 34.9 Å². The van der Waals surface area contributed by atoms with Crippen molar-refractivity contribution in [2.24, 2.45) is 0 Å². The van der Waals surface area contributed by atoms with Crippen LogP contribution in [0.25, 0.3) is 0 Å². The van der Waals surface area contributed by atoms with Gasteiger partial charge in [0.2, 0.25) is 10.0 Å². The molecule has 0 bridgehead atoms. The van der Waals surface area contributed by atoms with E-state index in [9.17, 15) is 18.5 Å². The normalized spacial score (nSPS) is 11.7. The van der Waals surface area contributed by atoms with Gasteiger partial charge in [-0.15, -0.1) is 0 Å². The number of para-hydroxylation sites is 1. The summed E-state index contributed by atoms with van der Waals surface area (Å²) in [6, 6.07) is 33.7. The third kappa shape index (κ3) is 6.54. The van der Waals surface area contributed by atoms with Crippen molar-refractivity contribution in [3.8, 4) is 5.75 Å². The summed E-state index contributed by atoms with van der Waals surface area (Å²) in [4.78, 5) is 10.2. The van der Waals surface area contributed by atoms with Crippen LogP contribution in [-0.4, -0.2) is 46.6 Å². The molecule has 3 N–H and O–H groups in total. The summed E-state index contributed by atoms with van der Waals surface area (Å²) >= 11 is 0. The molecule has 0 atom stereocenters. The second-order valence-electron chi connectivity index (χ2n) is 9.01. The molecule has 0 aliphatic rings. The molecule has 40 heavy (non-hydrogen) atoms. The highest BCUT2D eigenvalue weighted by molar-refractivity contribution is 7.89. The molecule has 4 aromatic rings. The van der Waals surface area contributed by atoms with Crippen molar-refractivity contribution in [1.82, 2.24) is 15.4 Å². The monoisotopic (exact) mass is 560 g/mol. The van der Waals surface area contributed by atoms with Crippen LogP contribution in [0.15, 0.2) is 114 Å². The average Bonchev–Trinajstić information content (AvgIpc) is 2.99. The molecular formula is C30H32N4O5S. The predicted molar refractivity (Wildman–Crippen MR) is 155 cm³/mol. The maximum Gasteiger partial charge on any atom is 0.289 e. The number of hydrogen-bond donors (Lipinski definition) is 3. The van der Waals surface area contributed by atoms with Gasteiger partial charge in [-0.3, -0.25) is 15.4 Å². The Kier molecular flexibility index (Phi) is 9.62. The van der Waals surface area contributed by atoms with E-state index < -0.39 is 26.2 Å². The summed E-state index contributed by atoms with van der Waals surface area (Å²) in [5.41, 5.74) is 2.09. The molecule has 0 aliphatic carbocycles. The SMILES string of the molecule is COc1ccc(C(NCCNCCNS(=O)(=O)c2ccccc2[N+](=O)[O-])(c2ccccc2)c2ccccc2)cc1. The van der Waals surface area contributed by atoms with Gasteiger partial charge in [0.05, 0.1) is 17.6 Å². The number of nitro benzene ring substituents is 1. The molecule has 0 radical (unpaired) electrons. The topological polar surface area (TPSA) is 123 Å². The molecule has 0 aromatic heterocycles. The Labute approximate surface area is 234 Å². The van der Waals surface area contributed by atoms with E-state index in [1.807, 2.05) is 48.5 Å². The summed E-state index contributed by atoms with van der Waals surface area (Å²) in [5, 5.41) is 18.2. The minimum atomic E-state index is -4.02. The number of hydrogen-bond acceptors (Lipinski definition) is 7. The van der Waals surface area contributed by atoms with Gasteiger partial charge in [0.15, 0.2) is 4.90 Å². The van der Waals surface area contributed by atoms with Crippen molar-refractivity contribution in [2.45, 2.75) is 10.4 Å². The largest absolute Gasteiger partial charge is 0.497 e. The van der Waals surface area contributed by atoms with Crippen molar-refractivity contribution in [3.63, 3.8) is 0 Å². The number of sulfonamides is 1. The summed E-state index contributed by atoms with van der Waals surface area (Å²) in [6.45, 7) is 1.53. The Bertz CT molecular complexity index is 1460. The van der Waals surface area contributed by atoms with E-state index in [0.717, 1.165) is 22.4 Å². The Hall–Kier alpha value is -4.09. The van der Waals surface area contributed by atoms with Gasteiger partial charge in [0, 0.05) is 32.2 Å². The van der Waals surface area contributed by atoms with Crippen molar-refractivity contribution < 1.29 is 18.1 Å². The van der Waals surface area contributed by atoms with Crippen LogP contribution in [-0.2, 0) is 15.6 Å². The lowest BCUT2D eigenvalue weighted by molar-refractivity contribution is -0.387. The Morgan fingerprint density at radius 2 is 1.25 bits per heavy atom. The quantitative estimate of drug-likeness (QED) is 0.0920. The van der Waals surface area contributed by atoms with Gasteiger partial charge < -0.3 is 10.1 Å². The molecule has 208 valence electrons. The van der Waals surface area contributed by atoms with Crippen LogP contribution < -0.4 is 20.1 Å². The predicted octanol–water partition coefficient (Wildman–Crippen LogP) is 4.05. The highest BCUT2D eigenvalue weighted by Crippen LogP contribution is 2.37. The number of methoxy groups -OCH3 is 1. The molecule has 0 saturated heterocycles. The number of nitrogens with one attached hydrogen (secondary N) is 3. The third-order valence-corrected chi connectivity index (χ3v) is 8.08. The fourth-order valence-electron chi connectivity index (χ4n) is 4.67. The number of ether oxygens (including phenoxy) is 1. The van der Waals surface area contributed by atoms with Gasteiger partial charge >= 0.3 is 0 Å². The molecule has 0 fully saturated rings. The molecule has 4 aromatic carbocycles. The highest BCUT2D eigenvalue weighted by atomic mass is 32.2. The van der Waals surface area contributed by atoms with Crippen LogP contribution in [0.4, 0.5) is 5.69 Å². The number of benzene rings is 4. The van der Waals surface area contributed by atoms with Crippen LogP contribution in [0.2, 0.25) is 0 Å². The number of nitrogens with zero attached hydrogens (tertiary/aromatic N) is 1. The second-order valence-corrected chi connectivity index (χ2v) is 10.7. The zero-order valence-corrected chi connectivity index (χ0v) is 22.9. The highest BCUT2D eigenvalue weighted by Gasteiger charge is 2.35. The fourth-order valence-corrected chi connectivity index (χ4v) is 5.88. The molecule has 0 saturated carbocycles. The van der Waals surface area contributed by atoms with E-state index in [1.54, 1.807) is 7.11 Å². The van der Waals surface area contributed by atoms with Crippen molar-refractivity contribution in [1.29, 1.82) is 0 Å². The first-order valence-electron chi connectivity index (χ1n) is 12.8. The zero-order valence-electron chi connectivity index (χ0n) is 22.1. The first-order chi connectivity index (χ1) is 19.4. The van der Waals surface area contributed by atoms with Crippen LogP contribution >= 0.6 is 0 Å². The lowest BCUT2D eigenvalue weighted by Crippen LogP contribution is -2.47. The summed E-state index contributed by atoms with van der Waals surface area (Å²) in [5.74, 6) is 0.767. The number of nitro groups is 1. The van der Waals surface area contributed by atoms with E-state index in [1.165, 1.54) is 24.3 Å². The molecule has 0 spiro atoms. The molecule has 0 unspecified atom stereocenters. The van der Waals surface area contributed by atoms with Gasteiger partial charge in [-0.25, -0.2) is 13.1 Å². The minimum absolute atomic E-state index is 0.0787. The van der Waals surface area contributed by atoms with Crippen LogP contribution in [0, 0.1) is 10.1 Å². The fraction of sp³-hybridized carbons (Fsp3) is 0.200. The van der Waals surface area contributed by atoms with Crippen molar-refractivity contribution in [3.05, 3.63) is 136 Å². The standard InChI is InChI=1S/C30H32N4O5S/c1-39-27-18-16-26(17-19-27)30(24-10-4-2-5-11-24,25-12-6-3-7-13-25)32-22-20-31-21-23-33-40(37,38)29-15-9-8-14-28(29)34(35)36/h2-19,31-33H,20-23H2,1H3. The van der Waals surface area contributed by atoms with E-state index in [0.29, 0.717) is 19.6 Å². The third-order valence-electron chi connectivity index (χ3n) is 6.57. The van der Waals surface area contributed by atoms with Crippen molar-refractivity contribution in [2.75, 3.05) is 33.3 Å². The molecule has 0 heterocycles. The summed E-state index contributed by atoms with van der Waals surface area (Å²) in [7, 11) is -2.38. The molecule has 0 aliphatic heterocycles. The molecule has 10 heteroatoms. The summed E-state index contributed by atoms with van der Waals surface area (Å²) < 4.78 is 33.1. The lowest BCUT2D eigenvalue weighted by atomic mass is 9.77. The number of rotatable bonds is 14. The lowest BCUT2D eigenvalue weighted by Gasteiger charge is -2.37. The van der Waals surface area contributed by atoms with E-state index in [2.05, 4.69) is 51.8 Å². The van der Waals surface area contributed by atoms with E-state index in [-0.39, 0.29) is 11.4 Å². The first kappa shape index (κ1) is 28.9. The van der Waals surface area contributed by atoms with Crippen LogP contribution in [0.1, 0.15) is 16.7 Å². The Morgan fingerprint density at radius 3 is 1.82 bits per heavy atom. The van der Waals surface area contributed by atoms with E-state index in [4.69, 9.17) is 4.74 Å². The maximum atomic E-state index is 12.6. The maximum absolute atomic E-state index is 12.6. The second kappa shape index (κ2) is 13.3. The average molecular weight is 561 g/mol. The minimum Gasteiger partial charge on any atom is -0.497 e. The molecule has 0 amide bonds. The van der Waals surface area contributed by atoms with Gasteiger partial charge in [0.1, 0.15) is 5.75 Å². The molecule has 4 rings (SSSR count). The Morgan fingerprint density at radius 1 is 0.725 bits per heavy atom. The Balaban J connectivity index is 1.46. The van der Waals surface area contributed by atoms with E-state index >= 15 is 0 Å².